The fourth-order valence-electron chi connectivity index (χ4n) is 4.71. The lowest BCUT2D eigenvalue weighted by molar-refractivity contribution is -0.139. The van der Waals surface area contributed by atoms with Gasteiger partial charge in [0.25, 0.3) is 0 Å². The summed E-state index contributed by atoms with van der Waals surface area (Å²) in [6, 6.07) is 11.0. The van der Waals surface area contributed by atoms with E-state index in [9.17, 15) is 19.4 Å². The Morgan fingerprint density at radius 2 is 2.09 bits per heavy atom. The number of aliphatic carboxylic acids is 1. The molecule has 1 fully saturated rings. The van der Waals surface area contributed by atoms with Crippen LogP contribution in [0.4, 0.5) is 4.39 Å². The predicted octanol–water partition coefficient (Wildman–Crippen LogP) is 4.16. The van der Waals surface area contributed by atoms with Crippen molar-refractivity contribution < 1.29 is 28.9 Å². The maximum atomic E-state index is 14.1. The molecule has 1 saturated carbocycles. The molecule has 1 heterocycles. The van der Waals surface area contributed by atoms with Crippen LogP contribution in [0.15, 0.2) is 41.3 Å². The Kier molecular flexibility index (Phi) is 7.24. The number of thioether (sulfide) groups is 1. The Morgan fingerprint density at radius 3 is 2.76 bits per heavy atom. The number of aliphatic hydroxyl groups excluding tert-OH is 1. The van der Waals surface area contributed by atoms with Gasteiger partial charge in [-0.1, -0.05) is 24.3 Å². The van der Waals surface area contributed by atoms with Crippen LogP contribution in [-0.4, -0.2) is 53.3 Å². The van der Waals surface area contributed by atoms with Gasteiger partial charge in [0, 0.05) is 34.0 Å². The second kappa shape index (κ2) is 9.85. The van der Waals surface area contributed by atoms with E-state index in [-0.39, 0.29) is 36.1 Å². The Hall–Kier alpha value is -2.13. The highest BCUT2D eigenvalue weighted by Gasteiger charge is 2.63. The number of carbonyl (C=O) groups is 1. The normalized spacial score (nSPS) is 22.5. The van der Waals surface area contributed by atoms with E-state index in [0.29, 0.717) is 17.9 Å². The van der Waals surface area contributed by atoms with Gasteiger partial charge in [0.15, 0.2) is 0 Å². The number of fused-ring (bicyclic) bond motifs is 3. The molecular weight excluding hydrogens is 457 g/mol. The van der Waals surface area contributed by atoms with Gasteiger partial charge in [-0.3, -0.25) is 4.79 Å². The van der Waals surface area contributed by atoms with E-state index in [1.807, 2.05) is 51.3 Å². The molecule has 2 aromatic carbocycles. The predicted molar refractivity (Wildman–Crippen MR) is 129 cm³/mol. The molecule has 0 amide bonds. The average Bonchev–Trinajstić information content (AvgIpc) is 3.38. The van der Waals surface area contributed by atoms with Crippen LogP contribution >= 0.6 is 11.8 Å². The summed E-state index contributed by atoms with van der Waals surface area (Å²) in [6.45, 7) is 6.40. The van der Waals surface area contributed by atoms with Gasteiger partial charge >= 0.3 is 5.97 Å². The van der Waals surface area contributed by atoms with Crippen molar-refractivity contribution in [3.05, 3.63) is 58.9 Å². The van der Waals surface area contributed by atoms with E-state index in [1.165, 1.54) is 11.8 Å². The quantitative estimate of drug-likeness (QED) is 0.409. The number of nitrogens with one attached hydrogen (secondary N) is 1. The number of aliphatic hydroxyl groups is 1. The van der Waals surface area contributed by atoms with Gasteiger partial charge in [0.2, 0.25) is 0 Å². The molecule has 34 heavy (non-hydrogen) atoms. The van der Waals surface area contributed by atoms with E-state index >= 15 is 0 Å². The number of benzene rings is 2. The summed E-state index contributed by atoms with van der Waals surface area (Å²) >= 11 is 1.38. The van der Waals surface area contributed by atoms with Crippen molar-refractivity contribution in [2.24, 2.45) is 5.92 Å². The van der Waals surface area contributed by atoms with Gasteiger partial charge in [-0.25, -0.2) is 4.39 Å². The average molecular weight is 490 g/mol. The molecule has 0 bridgehead atoms. The third kappa shape index (κ3) is 5.25. The van der Waals surface area contributed by atoms with Gasteiger partial charge in [-0.15, -0.1) is 11.8 Å². The molecule has 0 spiro atoms. The number of rotatable bonds is 11. The third-order valence-electron chi connectivity index (χ3n) is 6.58. The molecule has 1 aliphatic heterocycles. The second-order valence-corrected chi connectivity index (χ2v) is 10.6. The molecule has 184 valence electrons. The maximum absolute atomic E-state index is 14.1. The van der Waals surface area contributed by atoms with Crippen LogP contribution in [0.2, 0.25) is 0 Å². The third-order valence-corrected chi connectivity index (χ3v) is 7.35. The van der Waals surface area contributed by atoms with Crippen molar-refractivity contribution in [2.45, 2.75) is 61.9 Å². The molecule has 0 saturated heterocycles. The molecule has 1 unspecified atom stereocenters. The molecule has 1 aliphatic carbocycles. The number of halogens is 1. The van der Waals surface area contributed by atoms with Crippen molar-refractivity contribution in [1.82, 2.24) is 5.32 Å². The Labute approximate surface area is 203 Å². The summed E-state index contributed by atoms with van der Waals surface area (Å²) in [4.78, 5) is 11.9. The van der Waals surface area contributed by atoms with Gasteiger partial charge in [-0.05, 0) is 51.1 Å². The summed E-state index contributed by atoms with van der Waals surface area (Å²) in [5, 5.41) is 23.1. The van der Waals surface area contributed by atoms with Crippen LogP contribution in [0.3, 0.4) is 0 Å². The summed E-state index contributed by atoms with van der Waals surface area (Å²) in [6.07, 6.45) is 1.15. The van der Waals surface area contributed by atoms with Crippen LogP contribution < -0.4 is 10.1 Å². The number of hydrogen-bond donors (Lipinski definition) is 3. The lowest BCUT2D eigenvalue weighted by Gasteiger charge is -2.28. The SMILES string of the molecule is CSc1ccc(CC(C)(C)NCC(O)CO[C@H](C)c2cccc3c2O[C@H]2[C@H](C(=O)O)[C@@H]32)cc1F. The smallest absolute Gasteiger partial charge is 0.311 e. The van der Waals surface area contributed by atoms with Crippen LogP contribution in [-0.2, 0) is 16.0 Å². The minimum atomic E-state index is -0.823. The first-order valence-electron chi connectivity index (χ1n) is 11.5. The molecule has 2 aliphatic rings. The summed E-state index contributed by atoms with van der Waals surface area (Å²) in [5.41, 5.74) is 2.35. The van der Waals surface area contributed by atoms with Gasteiger partial charge in [-0.2, -0.15) is 0 Å². The number of para-hydroxylation sites is 1. The topological polar surface area (TPSA) is 88.0 Å². The van der Waals surface area contributed by atoms with Crippen molar-refractivity contribution in [2.75, 3.05) is 19.4 Å². The largest absolute Gasteiger partial charge is 0.488 e. The lowest BCUT2D eigenvalue weighted by Crippen LogP contribution is -2.46. The van der Waals surface area contributed by atoms with Crippen molar-refractivity contribution in [1.29, 1.82) is 0 Å². The standard InChI is InChI=1S/C26H32FNO5S/c1-14(17-6-5-7-18-21-22(25(30)31)24(21)33-23(17)18)32-13-16(29)12-28-26(2,3)11-15-8-9-20(34-4)19(27)10-15/h5-10,14,16,21-22,24,28-29H,11-13H2,1-4H3,(H,30,31)/t14-,16?,21-,22-,24-/m1/s1. The Morgan fingerprint density at radius 1 is 1.32 bits per heavy atom. The van der Waals surface area contributed by atoms with Crippen LogP contribution in [0.25, 0.3) is 0 Å². The fourth-order valence-corrected chi connectivity index (χ4v) is 5.17. The first-order chi connectivity index (χ1) is 16.1. The molecule has 2 aromatic rings. The number of hydrogen-bond acceptors (Lipinski definition) is 6. The minimum Gasteiger partial charge on any atom is -0.488 e. The van der Waals surface area contributed by atoms with Crippen molar-refractivity contribution in [3.63, 3.8) is 0 Å². The zero-order chi connectivity index (χ0) is 24.6. The highest BCUT2D eigenvalue weighted by Crippen LogP contribution is 2.59. The van der Waals surface area contributed by atoms with Crippen molar-refractivity contribution >= 4 is 17.7 Å². The zero-order valence-corrected chi connectivity index (χ0v) is 20.7. The molecule has 0 radical (unpaired) electrons. The van der Waals surface area contributed by atoms with Crippen LogP contribution in [0.1, 0.15) is 49.5 Å². The van der Waals surface area contributed by atoms with E-state index in [1.54, 1.807) is 12.1 Å². The summed E-state index contributed by atoms with van der Waals surface area (Å²) < 4.78 is 25.9. The number of carboxylic acid groups (broad SMARTS) is 1. The molecule has 3 N–H and O–H groups in total. The summed E-state index contributed by atoms with van der Waals surface area (Å²) in [7, 11) is 0. The van der Waals surface area contributed by atoms with Crippen LogP contribution in [0, 0.1) is 11.7 Å². The monoisotopic (exact) mass is 489 g/mol. The highest BCUT2D eigenvalue weighted by atomic mass is 32.2. The lowest BCUT2D eigenvalue weighted by atomic mass is 9.94. The zero-order valence-electron chi connectivity index (χ0n) is 19.9. The number of carboxylic acids is 1. The van der Waals surface area contributed by atoms with Crippen molar-refractivity contribution in [3.8, 4) is 5.75 Å². The van der Waals surface area contributed by atoms with Gasteiger partial charge < -0.3 is 25.0 Å². The van der Waals surface area contributed by atoms with E-state index in [4.69, 9.17) is 9.47 Å². The van der Waals surface area contributed by atoms with Gasteiger partial charge in [0.05, 0.1) is 18.8 Å². The molecule has 4 rings (SSSR count). The molecule has 6 nitrogen and oxygen atoms in total. The minimum absolute atomic E-state index is 0.0814. The maximum Gasteiger partial charge on any atom is 0.311 e. The number of ether oxygens (including phenoxy) is 2. The first-order valence-corrected chi connectivity index (χ1v) is 12.7. The highest BCUT2D eigenvalue weighted by molar-refractivity contribution is 7.98. The second-order valence-electron chi connectivity index (χ2n) is 9.78. The molecule has 0 aromatic heterocycles. The number of β-amino-alcohol motifs (C(OH)–C–C–N with tert-alkyl or cyclic N) is 1. The summed E-state index contributed by atoms with van der Waals surface area (Å²) in [5.74, 6) is -0.861. The Balaban J connectivity index is 1.27. The Bertz CT molecular complexity index is 1060. The van der Waals surface area contributed by atoms with E-state index in [2.05, 4.69) is 5.32 Å². The van der Waals surface area contributed by atoms with E-state index < -0.39 is 18.0 Å². The fraction of sp³-hybridized carbons (Fsp3) is 0.500. The molecule has 8 heteroatoms. The molecule has 5 atom stereocenters. The van der Waals surface area contributed by atoms with E-state index in [0.717, 1.165) is 22.4 Å². The molecular formula is C26H32FNO5S. The van der Waals surface area contributed by atoms with Crippen LogP contribution in [0.5, 0.6) is 5.75 Å². The van der Waals surface area contributed by atoms with Gasteiger partial charge in [0.1, 0.15) is 23.6 Å². The first kappa shape index (κ1) is 25.0.